The molecule has 94 valence electrons. The van der Waals surface area contributed by atoms with Gasteiger partial charge < -0.3 is 9.55 Å². The summed E-state index contributed by atoms with van der Waals surface area (Å²) in [5.41, 5.74) is 2.22. The number of benzene rings is 1. The molecule has 2 heterocycles. The number of hydrogen-bond acceptors (Lipinski definition) is 4. The van der Waals surface area contributed by atoms with E-state index in [1.165, 1.54) is 0 Å². The summed E-state index contributed by atoms with van der Waals surface area (Å²) >= 11 is 5.30. The topological polar surface area (TPSA) is 75.2 Å². The fourth-order valence-corrected chi connectivity index (χ4v) is 2.29. The molecule has 0 unspecified atom stereocenters. The molecule has 1 N–H and O–H groups in total. The van der Waals surface area contributed by atoms with Gasteiger partial charge in [0.1, 0.15) is 12.4 Å². The highest BCUT2D eigenvalue weighted by atomic mass is 32.1. The lowest BCUT2D eigenvalue weighted by Gasteiger charge is -2.00. The Morgan fingerprint density at radius 2 is 2.32 bits per heavy atom. The summed E-state index contributed by atoms with van der Waals surface area (Å²) in [7, 11) is 1.82. The van der Waals surface area contributed by atoms with Crippen molar-refractivity contribution in [2.45, 2.75) is 6.54 Å². The Bertz CT molecular complexity index is 847. The highest BCUT2D eigenvalue weighted by Crippen LogP contribution is 2.18. The van der Waals surface area contributed by atoms with Crippen molar-refractivity contribution in [2.75, 3.05) is 0 Å². The molecule has 0 spiro atoms. The van der Waals surface area contributed by atoms with E-state index in [2.05, 4.69) is 21.1 Å². The molecule has 1 aromatic carbocycles. The maximum Gasteiger partial charge on any atom is 0.178 e. The maximum atomic E-state index is 9.09. The maximum absolute atomic E-state index is 9.09. The number of para-hydroxylation sites is 1. The molecule has 3 aromatic rings. The summed E-state index contributed by atoms with van der Waals surface area (Å²) in [4.78, 5) is 7.25. The lowest BCUT2D eigenvalue weighted by Crippen LogP contribution is -2.02. The van der Waals surface area contributed by atoms with Crippen LogP contribution in [0.15, 0.2) is 24.5 Å². The normalized spacial score (nSPS) is 10.7. The Labute approximate surface area is 113 Å². The van der Waals surface area contributed by atoms with Crippen molar-refractivity contribution in [3.63, 3.8) is 0 Å². The summed E-state index contributed by atoms with van der Waals surface area (Å²) in [5, 5.41) is 13.3. The van der Waals surface area contributed by atoms with E-state index in [9.17, 15) is 0 Å². The van der Waals surface area contributed by atoms with Crippen LogP contribution in [-0.2, 0) is 13.6 Å². The fourth-order valence-electron chi connectivity index (χ4n) is 2.03. The van der Waals surface area contributed by atoms with Crippen molar-refractivity contribution in [3.8, 4) is 6.07 Å². The van der Waals surface area contributed by atoms with Gasteiger partial charge >= 0.3 is 0 Å². The van der Waals surface area contributed by atoms with Gasteiger partial charge in [-0.25, -0.2) is 4.98 Å². The zero-order valence-corrected chi connectivity index (χ0v) is 11.0. The smallest absolute Gasteiger partial charge is 0.178 e. The molecule has 0 saturated heterocycles. The van der Waals surface area contributed by atoms with Gasteiger partial charge in [-0.1, -0.05) is 6.07 Å². The molecular formula is C12H10N6S. The lowest BCUT2D eigenvalue weighted by molar-refractivity contribution is 0.707. The quantitative estimate of drug-likeness (QED) is 0.720. The molecule has 7 heteroatoms. The van der Waals surface area contributed by atoms with Gasteiger partial charge in [0, 0.05) is 7.05 Å². The molecule has 6 nitrogen and oxygen atoms in total. The van der Waals surface area contributed by atoms with Crippen LogP contribution in [0.2, 0.25) is 0 Å². The van der Waals surface area contributed by atoms with Gasteiger partial charge in [-0.05, 0) is 24.4 Å². The van der Waals surface area contributed by atoms with Crippen molar-refractivity contribution in [1.82, 2.24) is 24.3 Å². The van der Waals surface area contributed by atoms with E-state index >= 15 is 0 Å². The van der Waals surface area contributed by atoms with Gasteiger partial charge in [0.05, 0.1) is 23.1 Å². The second-order valence-corrected chi connectivity index (χ2v) is 4.55. The molecule has 2 aromatic heterocycles. The van der Waals surface area contributed by atoms with Crippen LogP contribution >= 0.6 is 12.2 Å². The van der Waals surface area contributed by atoms with Crippen molar-refractivity contribution in [3.05, 3.63) is 40.7 Å². The molecule has 0 radical (unpaired) electrons. The van der Waals surface area contributed by atoms with Gasteiger partial charge in [0.2, 0.25) is 0 Å². The molecule has 19 heavy (non-hydrogen) atoms. The molecule has 0 atom stereocenters. The van der Waals surface area contributed by atoms with Crippen LogP contribution < -0.4 is 0 Å². The predicted octanol–water partition coefficient (Wildman–Crippen LogP) is 1.75. The van der Waals surface area contributed by atoms with E-state index in [1.807, 2.05) is 23.7 Å². The van der Waals surface area contributed by atoms with Crippen LogP contribution in [0.25, 0.3) is 11.0 Å². The van der Waals surface area contributed by atoms with Gasteiger partial charge in [-0.3, -0.25) is 4.68 Å². The number of aromatic nitrogens is 5. The minimum atomic E-state index is 0.481. The van der Waals surface area contributed by atoms with Crippen LogP contribution in [0.1, 0.15) is 11.4 Å². The van der Waals surface area contributed by atoms with Crippen LogP contribution in [-0.4, -0.2) is 24.3 Å². The molecule has 0 fully saturated rings. The minimum absolute atomic E-state index is 0.481. The molecule has 0 bridgehead atoms. The third-order valence-electron chi connectivity index (χ3n) is 2.88. The van der Waals surface area contributed by atoms with Gasteiger partial charge in [0.15, 0.2) is 10.6 Å². The van der Waals surface area contributed by atoms with Crippen LogP contribution in [0.4, 0.5) is 0 Å². The van der Waals surface area contributed by atoms with E-state index in [4.69, 9.17) is 17.5 Å². The van der Waals surface area contributed by atoms with E-state index in [0.29, 0.717) is 22.7 Å². The Kier molecular flexibility index (Phi) is 2.65. The molecular weight excluding hydrogens is 260 g/mol. The molecule has 0 amide bonds. The van der Waals surface area contributed by atoms with Crippen LogP contribution in [0, 0.1) is 16.1 Å². The number of nitrogens with zero attached hydrogens (tertiary/aromatic N) is 5. The largest absolute Gasteiger partial charge is 0.329 e. The monoisotopic (exact) mass is 270 g/mol. The lowest BCUT2D eigenvalue weighted by atomic mass is 10.2. The zero-order chi connectivity index (χ0) is 13.4. The standard InChI is InChI=1S/C12H10N6S/c1-17-7-14-10(16-17)6-18-9-4-2-3-8(5-13)11(9)15-12(18)19/h2-4,7H,6H2,1H3,(H,15,19). The Balaban J connectivity index is 2.17. The summed E-state index contributed by atoms with van der Waals surface area (Å²) < 4.78 is 4.10. The summed E-state index contributed by atoms with van der Waals surface area (Å²) in [5.74, 6) is 0.682. The van der Waals surface area contributed by atoms with Crippen molar-refractivity contribution in [1.29, 1.82) is 5.26 Å². The molecule has 0 aliphatic heterocycles. The van der Waals surface area contributed by atoms with Crippen molar-refractivity contribution < 1.29 is 0 Å². The molecule has 0 saturated carbocycles. The van der Waals surface area contributed by atoms with Gasteiger partial charge in [0.25, 0.3) is 0 Å². The molecule has 0 aliphatic rings. The van der Waals surface area contributed by atoms with Crippen molar-refractivity contribution in [2.24, 2.45) is 7.05 Å². The first-order valence-electron chi connectivity index (χ1n) is 5.65. The second-order valence-electron chi connectivity index (χ2n) is 4.16. The Hall–Kier alpha value is -2.46. The highest BCUT2D eigenvalue weighted by Gasteiger charge is 2.10. The third-order valence-corrected chi connectivity index (χ3v) is 3.20. The summed E-state index contributed by atoms with van der Waals surface area (Å²) in [6.07, 6.45) is 1.65. The first kappa shape index (κ1) is 11.6. The van der Waals surface area contributed by atoms with Crippen LogP contribution in [0.5, 0.6) is 0 Å². The number of hydrogen-bond donors (Lipinski definition) is 1. The average molecular weight is 270 g/mol. The Morgan fingerprint density at radius 3 is 3.00 bits per heavy atom. The number of rotatable bonds is 2. The third kappa shape index (κ3) is 1.92. The Morgan fingerprint density at radius 1 is 1.47 bits per heavy atom. The average Bonchev–Trinajstić information content (AvgIpc) is 2.94. The number of imidazole rings is 1. The number of H-pyrrole nitrogens is 1. The highest BCUT2D eigenvalue weighted by molar-refractivity contribution is 7.71. The second kappa shape index (κ2) is 4.33. The number of aryl methyl sites for hydroxylation is 1. The number of nitriles is 1. The first-order chi connectivity index (χ1) is 9.19. The van der Waals surface area contributed by atoms with Crippen molar-refractivity contribution >= 4 is 23.3 Å². The number of nitrogens with one attached hydrogen (secondary N) is 1. The van der Waals surface area contributed by atoms with Crippen LogP contribution in [0.3, 0.4) is 0 Å². The number of aromatic amines is 1. The van der Waals surface area contributed by atoms with Gasteiger partial charge in [-0.15, -0.1) is 0 Å². The summed E-state index contributed by atoms with van der Waals surface area (Å²) in [6.45, 7) is 0.481. The van der Waals surface area contributed by atoms with E-state index in [-0.39, 0.29) is 0 Å². The van der Waals surface area contributed by atoms with E-state index in [1.54, 1.807) is 17.1 Å². The fraction of sp³-hybridized carbons (Fsp3) is 0.167. The molecule has 0 aliphatic carbocycles. The summed E-state index contributed by atoms with van der Waals surface area (Å²) in [6, 6.07) is 7.67. The van der Waals surface area contributed by atoms with Gasteiger partial charge in [-0.2, -0.15) is 10.4 Å². The SMILES string of the molecule is Cn1cnc(Cn2c(=S)[nH]c3c(C#N)cccc32)n1. The predicted molar refractivity (Wildman–Crippen MR) is 71.9 cm³/mol. The number of fused-ring (bicyclic) bond motifs is 1. The van der Waals surface area contributed by atoms with E-state index in [0.717, 1.165) is 11.0 Å². The zero-order valence-electron chi connectivity index (χ0n) is 10.2. The minimum Gasteiger partial charge on any atom is -0.329 e. The molecule has 3 rings (SSSR count). The van der Waals surface area contributed by atoms with E-state index < -0.39 is 0 Å². The first-order valence-corrected chi connectivity index (χ1v) is 6.06.